The molecule has 0 amide bonds. The van der Waals surface area contributed by atoms with Gasteiger partial charge in [-0.3, -0.25) is 4.98 Å². The van der Waals surface area contributed by atoms with Gasteiger partial charge in [-0.25, -0.2) is 0 Å². The van der Waals surface area contributed by atoms with Crippen molar-refractivity contribution in [3.63, 3.8) is 0 Å². The summed E-state index contributed by atoms with van der Waals surface area (Å²) in [7, 11) is 0. The first-order chi connectivity index (χ1) is 13.1. The smallest absolute Gasteiger partial charge is 0.302 e. The Morgan fingerprint density at radius 1 is 1.07 bits per heavy atom. The molecular formula is C23H29F3N2. The van der Waals surface area contributed by atoms with E-state index in [4.69, 9.17) is 0 Å². The molecule has 0 N–H and O–H groups in total. The van der Waals surface area contributed by atoms with Gasteiger partial charge in [0.2, 0.25) is 0 Å². The zero-order valence-corrected chi connectivity index (χ0v) is 16.9. The number of likely N-dealkylation sites (tertiary alicyclic amines) is 1. The van der Waals surface area contributed by atoms with Crippen molar-refractivity contribution in [3.05, 3.63) is 65.0 Å². The second kappa shape index (κ2) is 8.24. The van der Waals surface area contributed by atoms with Gasteiger partial charge in [0.25, 0.3) is 0 Å². The lowest BCUT2D eigenvalue weighted by Crippen LogP contribution is -2.39. The highest BCUT2D eigenvalue weighted by Crippen LogP contribution is 2.30. The van der Waals surface area contributed by atoms with Gasteiger partial charge in [0.15, 0.2) is 0 Å². The van der Waals surface area contributed by atoms with E-state index < -0.39 is 11.7 Å². The zero-order valence-electron chi connectivity index (χ0n) is 16.9. The Labute approximate surface area is 165 Å². The van der Waals surface area contributed by atoms with Gasteiger partial charge in [0, 0.05) is 30.9 Å². The Hall–Kier alpha value is -1.88. The fourth-order valence-corrected chi connectivity index (χ4v) is 3.99. The highest BCUT2D eigenvalue weighted by molar-refractivity contribution is 5.30. The largest absolute Gasteiger partial charge is 0.416 e. The van der Waals surface area contributed by atoms with Gasteiger partial charge >= 0.3 is 6.18 Å². The van der Waals surface area contributed by atoms with E-state index >= 15 is 0 Å². The van der Waals surface area contributed by atoms with Crippen molar-refractivity contribution in [2.24, 2.45) is 5.41 Å². The van der Waals surface area contributed by atoms with Crippen LogP contribution in [0.5, 0.6) is 0 Å². The summed E-state index contributed by atoms with van der Waals surface area (Å²) >= 11 is 0. The van der Waals surface area contributed by atoms with Crippen molar-refractivity contribution in [2.75, 3.05) is 19.6 Å². The first kappa shape index (κ1) is 20.8. The molecule has 1 aliphatic rings. The van der Waals surface area contributed by atoms with Crippen molar-refractivity contribution in [3.8, 4) is 0 Å². The quantitative estimate of drug-likeness (QED) is 0.644. The summed E-state index contributed by atoms with van der Waals surface area (Å²) in [5, 5.41) is 0. The maximum atomic E-state index is 12.9. The van der Waals surface area contributed by atoms with Crippen LogP contribution in [0.3, 0.4) is 0 Å². The number of aromatic nitrogens is 1. The van der Waals surface area contributed by atoms with Crippen molar-refractivity contribution >= 4 is 0 Å². The van der Waals surface area contributed by atoms with Crippen LogP contribution in [0.2, 0.25) is 0 Å². The lowest BCUT2D eigenvalue weighted by molar-refractivity contribution is -0.137. The molecule has 28 heavy (non-hydrogen) atoms. The van der Waals surface area contributed by atoms with E-state index in [2.05, 4.69) is 30.7 Å². The van der Waals surface area contributed by atoms with Crippen molar-refractivity contribution in [1.82, 2.24) is 9.88 Å². The summed E-state index contributed by atoms with van der Waals surface area (Å²) in [6.45, 7) is 10.0. The molecule has 0 aliphatic carbocycles. The first-order valence-electron chi connectivity index (χ1n) is 9.93. The number of rotatable bonds is 4. The van der Waals surface area contributed by atoms with Crippen LogP contribution in [0.1, 0.15) is 61.9 Å². The summed E-state index contributed by atoms with van der Waals surface area (Å²) in [5.41, 5.74) is 2.36. The molecule has 2 aromatic rings. The van der Waals surface area contributed by atoms with Gasteiger partial charge in [0.05, 0.1) is 5.56 Å². The van der Waals surface area contributed by atoms with Crippen molar-refractivity contribution < 1.29 is 13.2 Å². The number of alkyl halides is 3. The topological polar surface area (TPSA) is 16.1 Å². The molecule has 0 saturated carbocycles. The molecule has 0 spiro atoms. The Balaban J connectivity index is 1.65. The van der Waals surface area contributed by atoms with Crippen LogP contribution < -0.4 is 0 Å². The minimum atomic E-state index is -4.31. The molecule has 0 bridgehead atoms. The van der Waals surface area contributed by atoms with Crippen LogP contribution in [0, 0.1) is 5.41 Å². The third-order valence-corrected chi connectivity index (χ3v) is 5.13. The average Bonchev–Trinajstić information content (AvgIpc) is 2.61. The fourth-order valence-electron chi connectivity index (χ4n) is 3.99. The molecule has 1 aliphatic heterocycles. The van der Waals surface area contributed by atoms with Gasteiger partial charge < -0.3 is 4.90 Å². The number of halogens is 3. The van der Waals surface area contributed by atoms with E-state index in [9.17, 15) is 13.2 Å². The van der Waals surface area contributed by atoms with E-state index in [-0.39, 0.29) is 5.41 Å². The van der Waals surface area contributed by atoms with Gasteiger partial charge in [-0.15, -0.1) is 0 Å². The van der Waals surface area contributed by atoms with Crippen LogP contribution in [-0.2, 0) is 12.6 Å². The van der Waals surface area contributed by atoms with Crippen LogP contribution in [0.15, 0.2) is 42.6 Å². The molecule has 1 aromatic heterocycles. The Kier molecular flexibility index (Phi) is 6.13. The third kappa shape index (κ3) is 5.81. The molecule has 1 fully saturated rings. The summed E-state index contributed by atoms with van der Waals surface area (Å²) in [4.78, 5) is 7.17. The van der Waals surface area contributed by atoms with Gasteiger partial charge in [-0.05, 0) is 54.5 Å². The maximum absolute atomic E-state index is 12.9. The molecule has 3 rings (SSSR count). The monoisotopic (exact) mass is 390 g/mol. The van der Waals surface area contributed by atoms with E-state index in [1.807, 2.05) is 18.3 Å². The highest BCUT2D eigenvalue weighted by Gasteiger charge is 2.30. The minimum Gasteiger partial charge on any atom is -0.302 e. The van der Waals surface area contributed by atoms with Gasteiger partial charge in [0.1, 0.15) is 0 Å². The van der Waals surface area contributed by atoms with Crippen molar-refractivity contribution in [1.29, 1.82) is 0 Å². The van der Waals surface area contributed by atoms with E-state index in [0.29, 0.717) is 17.9 Å². The molecule has 5 heteroatoms. The van der Waals surface area contributed by atoms with Gasteiger partial charge in [-0.1, -0.05) is 45.0 Å². The Morgan fingerprint density at radius 3 is 2.50 bits per heavy atom. The van der Waals surface area contributed by atoms with E-state index in [0.717, 1.165) is 43.4 Å². The van der Waals surface area contributed by atoms with E-state index in [1.54, 1.807) is 6.07 Å². The third-order valence-electron chi connectivity index (χ3n) is 5.13. The molecule has 1 aromatic carbocycles. The Bertz CT molecular complexity index is 776. The summed E-state index contributed by atoms with van der Waals surface area (Å²) in [5.74, 6) is 0.429. The average molecular weight is 390 g/mol. The van der Waals surface area contributed by atoms with Crippen LogP contribution in [-0.4, -0.2) is 29.5 Å². The van der Waals surface area contributed by atoms with Crippen LogP contribution >= 0.6 is 0 Å². The number of piperidine rings is 1. The lowest BCUT2D eigenvalue weighted by atomic mass is 9.90. The zero-order chi connectivity index (χ0) is 20.4. The SMILES string of the molecule is CC(C)(C)CN1CCC[C@@H](c2ccc(Cc3cccc(C(F)(F)F)c3)cn2)C1. The van der Waals surface area contributed by atoms with E-state index in [1.165, 1.54) is 18.6 Å². The molecule has 1 atom stereocenters. The number of pyridine rings is 1. The van der Waals surface area contributed by atoms with Crippen LogP contribution in [0.4, 0.5) is 13.2 Å². The number of hydrogen-bond acceptors (Lipinski definition) is 2. The number of nitrogens with zero attached hydrogens (tertiary/aromatic N) is 2. The summed E-state index contributed by atoms with van der Waals surface area (Å²) in [6.07, 6.45) is 0.281. The first-order valence-corrected chi connectivity index (χ1v) is 9.93. The molecule has 2 heterocycles. The normalized spacial score (nSPS) is 19.0. The second-order valence-corrected chi connectivity index (χ2v) is 9.10. The van der Waals surface area contributed by atoms with Crippen LogP contribution in [0.25, 0.3) is 0 Å². The van der Waals surface area contributed by atoms with Crippen molar-refractivity contribution in [2.45, 2.75) is 52.1 Å². The molecule has 0 radical (unpaired) electrons. The lowest BCUT2D eigenvalue weighted by Gasteiger charge is -2.36. The predicted octanol–water partition coefficient (Wildman–Crippen LogP) is 5.92. The molecule has 152 valence electrons. The standard InChI is InChI=1S/C23H29F3N2/c1-22(2,3)16-28-11-5-7-19(15-28)21-10-9-18(14-27-21)12-17-6-4-8-20(13-17)23(24,25)26/h4,6,8-10,13-14,19H,5,7,11-12,15-16H2,1-3H3/t19-/m1/s1. The fraction of sp³-hybridized carbons (Fsp3) is 0.522. The number of hydrogen-bond donors (Lipinski definition) is 0. The summed E-state index contributed by atoms with van der Waals surface area (Å²) in [6, 6.07) is 9.58. The molecule has 2 nitrogen and oxygen atoms in total. The second-order valence-electron chi connectivity index (χ2n) is 9.10. The Morgan fingerprint density at radius 2 is 1.86 bits per heavy atom. The molecular weight excluding hydrogens is 361 g/mol. The van der Waals surface area contributed by atoms with Gasteiger partial charge in [-0.2, -0.15) is 13.2 Å². The maximum Gasteiger partial charge on any atom is 0.416 e. The summed E-state index contributed by atoms with van der Waals surface area (Å²) < 4.78 is 38.7. The highest BCUT2D eigenvalue weighted by atomic mass is 19.4. The number of benzene rings is 1. The molecule has 0 unspecified atom stereocenters. The molecule has 1 saturated heterocycles. The predicted molar refractivity (Wildman–Crippen MR) is 106 cm³/mol. The minimum absolute atomic E-state index is 0.282.